The predicted molar refractivity (Wildman–Crippen MR) is 91.3 cm³/mol. The molecule has 2 heterocycles. The van der Waals surface area contributed by atoms with E-state index in [2.05, 4.69) is 0 Å². The van der Waals surface area contributed by atoms with Crippen molar-refractivity contribution in [2.24, 2.45) is 5.92 Å². The molecule has 0 aromatic rings. The van der Waals surface area contributed by atoms with E-state index in [1.54, 1.807) is 14.7 Å². The molecule has 2 fully saturated rings. The molecule has 2 saturated heterocycles. The standard InChI is InChI=1S/C17H29N3O5/c1-12-11-19(16(24)25-17(2,3)4)9-10-20(12)15(23)18-7-5-13(6-8-18)14(21)22/h12-13H,5-11H2,1-4H3,(H,21,22). The number of nitrogens with zero attached hydrogens (tertiary/aromatic N) is 3. The molecule has 142 valence electrons. The fourth-order valence-corrected chi connectivity index (χ4v) is 3.23. The molecule has 0 spiro atoms. The van der Waals surface area contributed by atoms with Crippen molar-refractivity contribution in [3.63, 3.8) is 0 Å². The molecule has 2 aliphatic heterocycles. The highest BCUT2D eigenvalue weighted by Crippen LogP contribution is 2.21. The Balaban J connectivity index is 1.87. The third-order valence-electron chi connectivity index (χ3n) is 4.64. The minimum atomic E-state index is -0.786. The van der Waals surface area contributed by atoms with Crippen LogP contribution in [0.15, 0.2) is 0 Å². The molecule has 3 amide bonds. The first kappa shape index (κ1) is 19.3. The summed E-state index contributed by atoms with van der Waals surface area (Å²) in [5, 5.41) is 9.05. The van der Waals surface area contributed by atoms with Gasteiger partial charge in [0.1, 0.15) is 5.60 Å². The Kier molecular flexibility index (Phi) is 5.80. The fourth-order valence-electron chi connectivity index (χ4n) is 3.23. The summed E-state index contributed by atoms with van der Waals surface area (Å²) in [4.78, 5) is 41.0. The van der Waals surface area contributed by atoms with Crippen LogP contribution in [0.4, 0.5) is 9.59 Å². The maximum atomic E-state index is 12.7. The van der Waals surface area contributed by atoms with Gasteiger partial charge in [-0.1, -0.05) is 0 Å². The molecule has 8 nitrogen and oxygen atoms in total. The molecule has 8 heteroatoms. The SMILES string of the molecule is CC1CN(C(=O)OC(C)(C)C)CCN1C(=O)N1CCC(C(=O)O)CC1. The Hall–Kier alpha value is -1.99. The van der Waals surface area contributed by atoms with Crippen LogP contribution < -0.4 is 0 Å². The van der Waals surface area contributed by atoms with Crippen LogP contribution in [0.1, 0.15) is 40.5 Å². The summed E-state index contributed by atoms with van der Waals surface area (Å²) in [5.74, 6) is -1.14. The van der Waals surface area contributed by atoms with Crippen molar-refractivity contribution < 1.29 is 24.2 Å². The van der Waals surface area contributed by atoms with Gasteiger partial charge in [0.05, 0.1) is 5.92 Å². The summed E-state index contributed by atoms with van der Waals surface area (Å²) in [6, 6.07) is -0.175. The van der Waals surface area contributed by atoms with Crippen molar-refractivity contribution in [1.29, 1.82) is 0 Å². The van der Waals surface area contributed by atoms with Gasteiger partial charge >= 0.3 is 18.1 Å². The van der Waals surface area contributed by atoms with Gasteiger partial charge in [-0.3, -0.25) is 4.79 Å². The Bertz CT molecular complexity index is 523. The second kappa shape index (κ2) is 7.49. The highest BCUT2D eigenvalue weighted by Gasteiger charge is 2.35. The van der Waals surface area contributed by atoms with Crippen molar-refractivity contribution in [2.45, 2.75) is 52.2 Å². The number of amides is 3. The van der Waals surface area contributed by atoms with Gasteiger partial charge in [0.25, 0.3) is 0 Å². The van der Waals surface area contributed by atoms with E-state index in [9.17, 15) is 14.4 Å². The summed E-state index contributed by atoms with van der Waals surface area (Å²) in [6.07, 6.45) is 0.634. The molecule has 1 unspecified atom stereocenters. The van der Waals surface area contributed by atoms with Crippen LogP contribution in [0.25, 0.3) is 0 Å². The first-order chi connectivity index (χ1) is 11.6. The van der Waals surface area contributed by atoms with Crippen molar-refractivity contribution in [1.82, 2.24) is 14.7 Å². The number of carbonyl (C=O) groups excluding carboxylic acids is 2. The van der Waals surface area contributed by atoms with Crippen LogP contribution in [-0.2, 0) is 9.53 Å². The lowest BCUT2D eigenvalue weighted by atomic mass is 9.97. The highest BCUT2D eigenvalue weighted by atomic mass is 16.6. The van der Waals surface area contributed by atoms with Crippen molar-refractivity contribution >= 4 is 18.1 Å². The summed E-state index contributed by atoms with van der Waals surface area (Å²) >= 11 is 0. The van der Waals surface area contributed by atoms with Crippen molar-refractivity contribution in [3.05, 3.63) is 0 Å². The maximum Gasteiger partial charge on any atom is 0.410 e. The van der Waals surface area contributed by atoms with Gasteiger partial charge in [0.15, 0.2) is 0 Å². The second-order valence-corrected chi connectivity index (χ2v) is 7.85. The molecule has 2 rings (SSSR count). The maximum absolute atomic E-state index is 12.7. The summed E-state index contributed by atoms with van der Waals surface area (Å²) in [5.41, 5.74) is -0.540. The van der Waals surface area contributed by atoms with Crippen molar-refractivity contribution in [2.75, 3.05) is 32.7 Å². The van der Waals surface area contributed by atoms with Gasteiger partial charge in [-0.2, -0.15) is 0 Å². The summed E-state index contributed by atoms with van der Waals surface area (Å²) in [7, 11) is 0. The number of likely N-dealkylation sites (tertiary alicyclic amines) is 1. The zero-order valence-electron chi connectivity index (χ0n) is 15.5. The third kappa shape index (κ3) is 4.99. The monoisotopic (exact) mass is 355 g/mol. The third-order valence-corrected chi connectivity index (χ3v) is 4.64. The number of hydrogen-bond acceptors (Lipinski definition) is 4. The van der Waals surface area contributed by atoms with Gasteiger partial charge in [-0.05, 0) is 40.5 Å². The zero-order chi connectivity index (χ0) is 18.8. The Labute approximate surface area is 148 Å². The quantitative estimate of drug-likeness (QED) is 0.775. The molecule has 0 bridgehead atoms. The average molecular weight is 355 g/mol. The minimum absolute atomic E-state index is 0.0693. The number of piperazine rings is 1. The molecule has 1 N–H and O–H groups in total. The molecule has 25 heavy (non-hydrogen) atoms. The number of carbonyl (C=O) groups is 3. The van der Waals surface area contributed by atoms with E-state index in [1.807, 2.05) is 27.7 Å². The smallest absolute Gasteiger partial charge is 0.410 e. The van der Waals surface area contributed by atoms with E-state index >= 15 is 0 Å². The predicted octanol–water partition coefficient (Wildman–Crippen LogP) is 1.84. The number of hydrogen-bond donors (Lipinski definition) is 1. The van der Waals surface area contributed by atoms with Crippen LogP contribution in [0, 0.1) is 5.92 Å². The Morgan fingerprint density at radius 2 is 1.60 bits per heavy atom. The molecule has 0 radical (unpaired) electrons. The number of piperidine rings is 1. The first-order valence-corrected chi connectivity index (χ1v) is 8.85. The number of carboxylic acids is 1. The van der Waals surface area contributed by atoms with Crippen LogP contribution in [-0.4, -0.2) is 82.3 Å². The Morgan fingerprint density at radius 3 is 2.08 bits per heavy atom. The van der Waals surface area contributed by atoms with E-state index in [1.165, 1.54) is 0 Å². The molecule has 2 aliphatic rings. The number of rotatable bonds is 1. The first-order valence-electron chi connectivity index (χ1n) is 8.85. The second-order valence-electron chi connectivity index (χ2n) is 7.85. The van der Waals surface area contributed by atoms with Gasteiger partial charge in [-0.15, -0.1) is 0 Å². The molecule has 0 aromatic heterocycles. The van der Waals surface area contributed by atoms with Crippen LogP contribution in [0.2, 0.25) is 0 Å². The number of urea groups is 1. The van der Waals surface area contributed by atoms with Gasteiger partial charge in [0.2, 0.25) is 0 Å². The molecule has 0 saturated carbocycles. The number of aliphatic carboxylic acids is 1. The lowest BCUT2D eigenvalue weighted by molar-refractivity contribution is -0.143. The molecular weight excluding hydrogens is 326 g/mol. The average Bonchev–Trinajstić information content (AvgIpc) is 2.52. The van der Waals surface area contributed by atoms with E-state index in [-0.39, 0.29) is 24.1 Å². The van der Waals surface area contributed by atoms with E-state index < -0.39 is 11.6 Å². The van der Waals surface area contributed by atoms with E-state index in [0.717, 1.165) is 0 Å². The molecule has 0 aliphatic carbocycles. The lowest BCUT2D eigenvalue weighted by Crippen LogP contribution is -2.59. The Morgan fingerprint density at radius 1 is 1.00 bits per heavy atom. The largest absolute Gasteiger partial charge is 0.481 e. The number of carboxylic acid groups (broad SMARTS) is 1. The number of ether oxygens (including phenoxy) is 1. The van der Waals surface area contributed by atoms with E-state index in [4.69, 9.17) is 9.84 Å². The molecule has 0 aromatic carbocycles. The fraction of sp³-hybridized carbons (Fsp3) is 0.824. The molecule has 1 atom stereocenters. The zero-order valence-corrected chi connectivity index (χ0v) is 15.5. The summed E-state index contributed by atoms with van der Waals surface area (Å²) in [6.45, 7) is 9.67. The lowest BCUT2D eigenvalue weighted by Gasteiger charge is -2.43. The van der Waals surface area contributed by atoms with Crippen LogP contribution in [0.3, 0.4) is 0 Å². The topological polar surface area (TPSA) is 90.4 Å². The highest BCUT2D eigenvalue weighted by molar-refractivity contribution is 5.76. The van der Waals surface area contributed by atoms with Crippen LogP contribution >= 0.6 is 0 Å². The molecular formula is C17H29N3O5. The van der Waals surface area contributed by atoms with Crippen molar-refractivity contribution in [3.8, 4) is 0 Å². The van der Waals surface area contributed by atoms with Gasteiger partial charge < -0.3 is 24.5 Å². The van der Waals surface area contributed by atoms with E-state index in [0.29, 0.717) is 45.6 Å². The van der Waals surface area contributed by atoms with Gasteiger partial charge in [-0.25, -0.2) is 9.59 Å². The van der Waals surface area contributed by atoms with Crippen LogP contribution in [0.5, 0.6) is 0 Å². The normalized spacial score (nSPS) is 22.7. The summed E-state index contributed by atoms with van der Waals surface area (Å²) < 4.78 is 5.39. The minimum Gasteiger partial charge on any atom is -0.481 e. The van der Waals surface area contributed by atoms with Gasteiger partial charge in [0, 0.05) is 38.8 Å².